The minimum absolute atomic E-state index is 0.305. The molecule has 0 unspecified atom stereocenters. The van der Waals surface area contributed by atoms with E-state index in [1.54, 1.807) is 0 Å². The van der Waals surface area contributed by atoms with Crippen LogP contribution in [0.1, 0.15) is 18.4 Å². The van der Waals surface area contributed by atoms with E-state index < -0.39 is 0 Å². The Hall–Kier alpha value is -0.470. The van der Waals surface area contributed by atoms with E-state index in [1.165, 1.54) is 23.3 Å². The lowest BCUT2D eigenvalue weighted by Crippen LogP contribution is -2.25. The number of thioether (sulfide) groups is 1. The standard InChI is InChI=1S/C11H15NS/c1-12-11(7-8-11)9-5-3-4-6-10(9)13-2/h3-6,12H,7-8H2,1-2H3. The third kappa shape index (κ3) is 1.49. The predicted octanol–water partition coefficient (Wildman–Crippen LogP) is 2.62. The lowest BCUT2D eigenvalue weighted by molar-refractivity contribution is 0.575. The Balaban J connectivity index is 2.39. The number of rotatable bonds is 3. The van der Waals surface area contributed by atoms with Crippen LogP contribution in [0.25, 0.3) is 0 Å². The molecule has 1 nitrogen and oxygen atoms in total. The Kier molecular flexibility index (Phi) is 2.35. The highest BCUT2D eigenvalue weighted by Gasteiger charge is 2.43. The Bertz CT molecular complexity index is 305. The normalized spacial score (nSPS) is 18.6. The minimum atomic E-state index is 0.305. The summed E-state index contributed by atoms with van der Waals surface area (Å²) < 4.78 is 0. The summed E-state index contributed by atoms with van der Waals surface area (Å²) in [5.41, 5.74) is 1.78. The molecule has 0 saturated heterocycles. The molecule has 1 aromatic carbocycles. The molecule has 1 fully saturated rings. The molecule has 13 heavy (non-hydrogen) atoms. The van der Waals surface area contributed by atoms with Crippen molar-refractivity contribution in [1.29, 1.82) is 0 Å². The molecule has 2 heteroatoms. The van der Waals surface area contributed by atoms with Crippen LogP contribution >= 0.6 is 11.8 Å². The quantitative estimate of drug-likeness (QED) is 0.741. The highest BCUT2D eigenvalue weighted by molar-refractivity contribution is 7.98. The summed E-state index contributed by atoms with van der Waals surface area (Å²) in [4.78, 5) is 1.41. The number of hydrogen-bond donors (Lipinski definition) is 1. The molecule has 1 N–H and O–H groups in total. The zero-order valence-corrected chi connectivity index (χ0v) is 8.95. The first kappa shape index (κ1) is 9.10. The van der Waals surface area contributed by atoms with Crippen molar-refractivity contribution >= 4 is 11.8 Å². The molecule has 1 saturated carbocycles. The van der Waals surface area contributed by atoms with E-state index in [9.17, 15) is 0 Å². The van der Waals surface area contributed by atoms with Gasteiger partial charge in [-0.05, 0) is 37.8 Å². The van der Waals surface area contributed by atoms with Crippen LogP contribution in [0.2, 0.25) is 0 Å². The molecule has 0 aromatic heterocycles. The smallest absolute Gasteiger partial charge is 0.0444 e. The topological polar surface area (TPSA) is 12.0 Å². The van der Waals surface area contributed by atoms with Crippen LogP contribution in [0.3, 0.4) is 0 Å². The summed E-state index contributed by atoms with van der Waals surface area (Å²) >= 11 is 1.84. The SMILES string of the molecule is CNC1(c2ccccc2SC)CC1. The van der Waals surface area contributed by atoms with Gasteiger partial charge in [0.15, 0.2) is 0 Å². The van der Waals surface area contributed by atoms with Gasteiger partial charge in [0.1, 0.15) is 0 Å². The van der Waals surface area contributed by atoms with Crippen LogP contribution in [-0.4, -0.2) is 13.3 Å². The van der Waals surface area contributed by atoms with Gasteiger partial charge in [0.25, 0.3) is 0 Å². The molecule has 0 amide bonds. The van der Waals surface area contributed by atoms with Crippen molar-refractivity contribution in [2.45, 2.75) is 23.3 Å². The van der Waals surface area contributed by atoms with Crippen molar-refractivity contribution in [3.05, 3.63) is 29.8 Å². The summed E-state index contributed by atoms with van der Waals surface area (Å²) in [6.45, 7) is 0. The summed E-state index contributed by atoms with van der Waals surface area (Å²) in [5.74, 6) is 0. The molecular formula is C11H15NS. The third-order valence-electron chi connectivity index (χ3n) is 2.85. The fourth-order valence-electron chi connectivity index (χ4n) is 1.82. The van der Waals surface area contributed by atoms with E-state index in [0.717, 1.165) is 0 Å². The second kappa shape index (κ2) is 3.35. The van der Waals surface area contributed by atoms with Crippen molar-refractivity contribution in [3.63, 3.8) is 0 Å². The van der Waals surface area contributed by atoms with E-state index in [4.69, 9.17) is 0 Å². The van der Waals surface area contributed by atoms with Crippen molar-refractivity contribution < 1.29 is 0 Å². The third-order valence-corrected chi connectivity index (χ3v) is 3.65. The Labute approximate surface area is 83.9 Å². The number of benzene rings is 1. The van der Waals surface area contributed by atoms with Gasteiger partial charge in [-0.2, -0.15) is 0 Å². The first-order valence-electron chi connectivity index (χ1n) is 4.65. The Morgan fingerprint density at radius 3 is 2.54 bits per heavy atom. The van der Waals surface area contributed by atoms with Crippen LogP contribution in [-0.2, 0) is 5.54 Å². The fraction of sp³-hybridized carbons (Fsp3) is 0.455. The molecular weight excluding hydrogens is 178 g/mol. The van der Waals surface area contributed by atoms with Crippen LogP contribution in [0.4, 0.5) is 0 Å². The van der Waals surface area contributed by atoms with Gasteiger partial charge < -0.3 is 5.32 Å². The van der Waals surface area contributed by atoms with Crippen molar-refractivity contribution in [3.8, 4) is 0 Å². The first-order chi connectivity index (χ1) is 6.32. The lowest BCUT2D eigenvalue weighted by Gasteiger charge is -2.17. The zero-order chi connectivity index (χ0) is 9.31. The molecule has 0 radical (unpaired) electrons. The van der Waals surface area contributed by atoms with Gasteiger partial charge in [-0.3, -0.25) is 0 Å². The van der Waals surface area contributed by atoms with Gasteiger partial charge in [-0.25, -0.2) is 0 Å². The molecule has 0 bridgehead atoms. The Morgan fingerprint density at radius 1 is 1.31 bits per heavy atom. The van der Waals surface area contributed by atoms with Crippen molar-refractivity contribution in [1.82, 2.24) is 5.32 Å². The minimum Gasteiger partial charge on any atom is -0.310 e. The molecule has 2 rings (SSSR count). The highest BCUT2D eigenvalue weighted by Crippen LogP contribution is 2.47. The lowest BCUT2D eigenvalue weighted by atomic mass is 10.1. The van der Waals surface area contributed by atoms with Gasteiger partial charge in [-0.1, -0.05) is 18.2 Å². The van der Waals surface area contributed by atoms with E-state index >= 15 is 0 Å². The van der Waals surface area contributed by atoms with Crippen LogP contribution in [0.5, 0.6) is 0 Å². The molecule has 1 aliphatic rings. The molecule has 0 atom stereocenters. The maximum Gasteiger partial charge on any atom is 0.0444 e. The van der Waals surface area contributed by atoms with Gasteiger partial charge in [0.05, 0.1) is 0 Å². The Morgan fingerprint density at radius 2 is 2.00 bits per heavy atom. The summed E-state index contributed by atoms with van der Waals surface area (Å²) in [5, 5.41) is 3.43. The molecule has 70 valence electrons. The van der Waals surface area contributed by atoms with Gasteiger partial charge >= 0.3 is 0 Å². The maximum atomic E-state index is 3.43. The van der Waals surface area contributed by atoms with Gasteiger partial charge in [0.2, 0.25) is 0 Å². The molecule has 1 aliphatic carbocycles. The van der Waals surface area contributed by atoms with Gasteiger partial charge in [-0.15, -0.1) is 11.8 Å². The van der Waals surface area contributed by atoms with E-state index in [2.05, 4.69) is 42.9 Å². The number of hydrogen-bond acceptors (Lipinski definition) is 2. The average Bonchev–Trinajstić information content (AvgIpc) is 2.98. The van der Waals surface area contributed by atoms with E-state index in [0.29, 0.717) is 5.54 Å². The maximum absolute atomic E-state index is 3.43. The monoisotopic (exact) mass is 193 g/mol. The van der Waals surface area contributed by atoms with Crippen molar-refractivity contribution in [2.24, 2.45) is 0 Å². The molecule has 0 spiro atoms. The second-order valence-electron chi connectivity index (χ2n) is 3.53. The average molecular weight is 193 g/mol. The predicted molar refractivity (Wildman–Crippen MR) is 58.2 cm³/mol. The summed E-state index contributed by atoms with van der Waals surface area (Å²) in [7, 11) is 2.06. The van der Waals surface area contributed by atoms with Crippen LogP contribution < -0.4 is 5.32 Å². The van der Waals surface area contributed by atoms with Crippen LogP contribution in [0.15, 0.2) is 29.2 Å². The summed E-state index contributed by atoms with van der Waals surface area (Å²) in [6, 6.07) is 8.69. The first-order valence-corrected chi connectivity index (χ1v) is 5.87. The molecule has 1 aromatic rings. The van der Waals surface area contributed by atoms with Crippen molar-refractivity contribution in [2.75, 3.05) is 13.3 Å². The van der Waals surface area contributed by atoms with Crippen LogP contribution in [0, 0.1) is 0 Å². The number of nitrogens with one attached hydrogen (secondary N) is 1. The molecule has 0 heterocycles. The fourth-order valence-corrected chi connectivity index (χ4v) is 2.52. The zero-order valence-electron chi connectivity index (χ0n) is 8.13. The van der Waals surface area contributed by atoms with Gasteiger partial charge in [0, 0.05) is 10.4 Å². The largest absolute Gasteiger partial charge is 0.310 e. The van der Waals surface area contributed by atoms with E-state index in [-0.39, 0.29) is 0 Å². The van der Waals surface area contributed by atoms with E-state index in [1.807, 2.05) is 11.8 Å². The summed E-state index contributed by atoms with van der Waals surface area (Å²) in [6.07, 6.45) is 4.70. The molecule has 0 aliphatic heterocycles. The second-order valence-corrected chi connectivity index (χ2v) is 4.38. The highest BCUT2D eigenvalue weighted by atomic mass is 32.2.